The Labute approximate surface area is 132 Å². The van der Waals surface area contributed by atoms with Gasteiger partial charge in [0.05, 0.1) is 12.8 Å². The van der Waals surface area contributed by atoms with Gasteiger partial charge >= 0.3 is 0 Å². The van der Waals surface area contributed by atoms with Crippen molar-refractivity contribution < 1.29 is 4.74 Å². The predicted octanol–water partition coefficient (Wildman–Crippen LogP) is 3.33. The number of nitrogens with one attached hydrogen (secondary N) is 1. The summed E-state index contributed by atoms with van der Waals surface area (Å²) in [6, 6.07) is 7.77. The number of H-pyrrole nitrogens is 1. The topological polar surface area (TPSA) is 55.0 Å². The van der Waals surface area contributed by atoms with Crippen molar-refractivity contribution >= 4 is 15.9 Å². The van der Waals surface area contributed by atoms with Crippen LogP contribution >= 0.6 is 15.9 Å². The second-order valence-corrected chi connectivity index (χ2v) is 6.19. The van der Waals surface area contributed by atoms with Crippen LogP contribution in [0.25, 0.3) is 0 Å². The van der Waals surface area contributed by atoms with E-state index in [1.807, 2.05) is 24.3 Å². The lowest BCUT2D eigenvalue weighted by Gasteiger charge is -2.09. The van der Waals surface area contributed by atoms with Crippen LogP contribution in [0.4, 0.5) is 0 Å². The molecule has 0 aliphatic rings. The van der Waals surface area contributed by atoms with Crippen molar-refractivity contribution in [1.29, 1.82) is 0 Å². The molecule has 0 unspecified atom stereocenters. The first-order valence-corrected chi connectivity index (χ1v) is 7.69. The van der Waals surface area contributed by atoms with Gasteiger partial charge in [-0.15, -0.1) is 0 Å². The average molecular weight is 351 g/mol. The van der Waals surface area contributed by atoms with Crippen molar-refractivity contribution in [2.24, 2.45) is 5.92 Å². The summed E-state index contributed by atoms with van der Waals surface area (Å²) < 4.78 is 5.74. The molecule has 2 rings (SSSR count). The van der Waals surface area contributed by atoms with Gasteiger partial charge in [-0.25, -0.2) is 4.98 Å². The van der Waals surface area contributed by atoms with Crippen molar-refractivity contribution in [2.75, 3.05) is 7.11 Å². The summed E-state index contributed by atoms with van der Waals surface area (Å²) in [5, 5.41) is 0. The minimum atomic E-state index is -0.126. The fraction of sp³-hybridized carbons (Fsp3) is 0.375. The van der Waals surface area contributed by atoms with E-state index in [-0.39, 0.29) is 5.56 Å². The first-order chi connectivity index (χ1) is 9.99. The van der Waals surface area contributed by atoms with Crippen molar-refractivity contribution in [3.8, 4) is 5.75 Å². The van der Waals surface area contributed by atoms with E-state index in [4.69, 9.17) is 4.74 Å². The van der Waals surface area contributed by atoms with Gasteiger partial charge in [-0.05, 0) is 46.0 Å². The Morgan fingerprint density at radius 3 is 2.81 bits per heavy atom. The van der Waals surface area contributed by atoms with E-state index >= 15 is 0 Å². The van der Waals surface area contributed by atoms with Crippen molar-refractivity contribution in [1.82, 2.24) is 9.97 Å². The molecule has 112 valence electrons. The summed E-state index contributed by atoms with van der Waals surface area (Å²) in [7, 11) is 1.64. The minimum Gasteiger partial charge on any atom is -0.497 e. The highest BCUT2D eigenvalue weighted by atomic mass is 79.9. The standard InChI is InChI=1S/C16H19BrN2O2/c1-10(2)7-13-15(17)16(20)19-14(18-13)9-11-5-4-6-12(8-11)21-3/h4-6,8,10H,7,9H2,1-3H3,(H,18,19,20). The summed E-state index contributed by atoms with van der Waals surface area (Å²) >= 11 is 3.32. The number of hydrogen-bond donors (Lipinski definition) is 1. The Kier molecular flexibility index (Phi) is 5.17. The Morgan fingerprint density at radius 1 is 1.38 bits per heavy atom. The van der Waals surface area contributed by atoms with E-state index in [0.717, 1.165) is 23.4 Å². The maximum absolute atomic E-state index is 12.0. The third kappa shape index (κ3) is 4.17. The van der Waals surface area contributed by atoms with Gasteiger partial charge in [0, 0.05) is 6.42 Å². The van der Waals surface area contributed by atoms with Crippen LogP contribution in [-0.4, -0.2) is 17.1 Å². The molecule has 1 aromatic heterocycles. The van der Waals surface area contributed by atoms with Gasteiger partial charge < -0.3 is 9.72 Å². The molecule has 5 heteroatoms. The molecule has 0 spiro atoms. The zero-order chi connectivity index (χ0) is 15.4. The normalized spacial score (nSPS) is 10.9. The highest BCUT2D eigenvalue weighted by Gasteiger charge is 2.11. The molecule has 0 amide bonds. The highest BCUT2D eigenvalue weighted by molar-refractivity contribution is 9.10. The van der Waals surface area contributed by atoms with E-state index in [2.05, 4.69) is 39.7 Å². The number of methoxy groups -OCH3 is 1. The molecule has 0 saturated heterocycles. The summed E-state index contributed by atoms with van der Waals surface area (Å²) in [6.07, 6.45) is 1.35. The third-order valence-electron chi connectivity index (χ3n) is 3.09. The van der Waals surface area contributed by atoms with Gasteiger partial charge in [0.2, 0.25) is 0 Å². The van der Waals surface area contributed by atoms with E-state index in [1.165, 1.54) is 0 Å². The van der Waals surface area contributed by atoms with Crippen LogP contribution in [0.5, 0.6) is 5.75 Å². The summed E-state index contributed by atoms with van der Waals surface area (Å²) in [6.45, 7) is 4.22. The fourth-order valence-corrected chi connectivity index (χ4v) is 2.49. The van der Waals surface area contributed by atoms with Crippen LogP contribution in [0.3, 0.4) is 0 Å². The monoisotopic (exact) mass is 350 g/mol. The number of benzene rings is 1. The lowest BCUT2D eigenvalue weighted by Crippen LogP contribution is -2.17. The van der Waals surface area contributed by atoms with E-state index in [0.29, 0.717) is 22.6 Å². The molecular formula is C16H19BrN2O2. The first-order valence-electron chi connectivity index (χ1n) is 6.90. The molecule has 0 atom stereocenters. The van der Waals surface area contributed by atoms with Gasteiger partial charge in [0.15, 0.2) is 0 Å². The fourth-order valence-electron chi connectivity index (χ4n) is 2.14. The Bertz CT molecular complexity index is 680. The zero-order valence-electron chi connectivity index (χ0n) is 12.4. The smallest absolute Gasteiger partial charge is 0.265 e. The molecule has 21 heavy (non-hydrogen) atoms. The van der Waals surface area contributed by atoms with Crippen LogP contribution in [0, 0.1) is 5.92 Å². The molecule has 0 saturated carbocycles. The lowest BCUT2D eigenvalue weighted by atomic mass is 10.1. The van der Waals surface area contributed by atoms with Crippen LogP contribution in [-0.2, 0) is 12.8 Å². The molecule has 1 N–H and O–H groups in total. The Hall–Kier alpha value is -1.62. The molecule has 0 aliphatic heterocycles. The molecule has 0 bridgehead atoms. The number of aromatic nitrogens is 2. The number of ether oxygens (including phenoxy) is 1. The SMILES string of the molecule is COc1cccc(Cc2nc(CC(C)C)c(Br)c(=O)[nH]2)c1. The number of rotatable bonds is 5. The second-order valence-electron chi connectivity index (χ2n) is 5.40. The van der Waals surface area contributed by atoms with E-state index in [1.54, 1.807) is 7.11 Å². The number of hydrogen-bond acceptors (Lipinski definition) is 3. The average Bonchev–Trinajstić information content (AvgIpc) is 2.44. The van der Waals surface area contributed by atoms with E-state index < -0.39 is 0 Å². The molecule has 0 fully saturated rings. The van der Waals surface area contributed by atoms with Crippen LogP contribution < -0.4 is 10.3 Å². The molecule has 1 heterocycles. The van der Waals surface area contributed by atoms with Crippen LogP contribution in [0.2, 0.25) is 0 Å². The second kappa shape index (κ2) is 6.89. The molecule has 4 nitrogen and oxygen atoms in total. The van der Waals surface area contributed by atoms with Crippen LogP contribution in [0.15, 0.2) is 33.5 Å². The van der Waals surface area contributed by atoms with Crippen LogP contribution in [0.1, 0.15) is 30.9 Å². The molecule has 2 aromatic rings. The molecular weight excluding hydrogens is 332 g/mol. The number of nitrogens with zero attached hydrogens (tertiary/aromatic N) is 1. The minimum absolute atomic E-state index is 0.126. The number of aromatic amines is 1. The van der Waals surface area contributed by atoms with Gasteiger partial charge in [0.1, 0.15) is 16.0 Å². The van der Waals surface area contributed by atoms with Gasteiger partial charge in [-0.1, -0.05) is 26.0 Å². The lowest BCUT2D eigenvalue weighted by molar-refractivity contribution is 0.414. The molecule has 1 aromatic carbocycles. The quantitative estimate of drug-likeness (QED) is 0.899. The Balaban J connectivity index is 2.31. The van der Waals surface area contributed by atoms with E-state index in [9.17, 15) is 4.79 Å². The zero-order valence-corrected chi connectivity index (χ0v) is 14.0. The van der Waals surface area contributed by atoms with Crippen molar-refractivity contribution in [2.45, 2.75) is 26.7 Å². The summed E-state index contributed by atoms with van der Waals surface area (Å²) in [5.41, 5.74) is 1.74. The van der Waals surface area contributed by atoms with Crippen molar-refractivity contribution in [3.63, 3.8) is 0 Å². The molecule has 0 aliphatic carbocycles. The Morgan fingerprint density at radius 2 is 2.14 bits per heavy atom. The maximum Gasteiger partial charge on any atom is 0.265 e. The molecule has 0 radical (unpaired) electrons. The summed E-state index contributed by atoms with van der Waals surface area (Å²) in [5.74, 6) is 1.92. The largest absolute Gasteiger partial charge is 0.497 e. The third-order valence-corrected chi connectivity index (χ3v) is 3.91. The van der Waals surface area contributed by atoms with Gasteiger partial charge in [-0.3, -0.25) is 4.79 Å². The van der Waals surface area contributed by atoms with Gasteiger partial charge in [0.25, 0.3) is 5.56 Å². The first kappa shape index (κ1) is 15.8. The van der Waals surface area contributed by atoms with Gasteiger partial charge in [-0.2, -0.15) is 0 Å². The highest BCUT2D eigenvalue weighted by Crippen LogP contribution is 2.17. The van der Waals surface area contributed by atoms with Crippen molar-refractivity contribution in [3.05, 3.63) is 56.2 Å². The summed E-state index contributed by atoms with van der Waals surface area (Å²) in [4.78, 5) is 19.4. The predicted molar refractivity (Wildman–Crippen MR) is 86.9 cm³/mol. The maximum atomic E-state index is 12.0. The number of halogens is 1.